The smallest absolute Gasteiger partial charge is 0.164 e. The summed E-state index contributed by atoms with van der Waals surface area (Å²) < 4.78 is 0. The van der Waals surface area contributed by atoms with Gasteiger partial charge in [-0.05, 0) is 120 Å². The van der Waals surface area contributed by atoms with Crippen molar-refractivity contribution in [3.05, 3.63) is 208 Å². The van der Waals surface area contributed by atoms with Gasteiger partial charge in [-0.2, -0.15) is 0 Å². The molecule has 0 amide bonds. The standard InChI is InChI=1S/C72H83N3/c1-6-9-12-15-16-17-18-19-20-23-26-55-36-40-60(41-37-55)70-73-69(59-38-33-53(4)34-39-59)74-71(75-70)61-44-42-58(43-45-61)62-46-48-66-65-47-35-54(5)49-67(65)72(68(66)52-62,63-31-24-29-56(50-63)27-21-13-10-7-2)64-32-25-30-57(51-64)28-22-14-11-8-3/h24-25,29-52H,6-23,26-28H2,1-5H3. The van der Waals surface area contributed by atoms with Gasteiger partial charge in [0.15, 0.2) is 17.5 Å². The SMILES string of the molecule is CCCCCCCCCCCCc1ccc(-c2nc(-c3ccc(C)cc3)nc(-c3ccc(-c4ccc5c(c4)C(c4cccc(CCCCCC)c4)(c4cccc(CCCCCC)c4)c4cc(C)ccc4-5)cc3)n2)cc1. The number of unbranched alkanes of at least 4 members (excludes halogenated alkanes) is 15. The predicted molar refractivity (Wildman–Crippen MR) is 320 cm³/mol. The largest absolute Gasteiger partial charge is 0.208 e. The molecule has 1 aromatic heterocycles. The molecule has 0 unspecified atom stereocenters. The quantitative estimate of drug-likeness (QED) is 0.0482. The number of hydrogen-bond donors (Lipinski definition) is 0. The summed E-state index contributed by atoms with van der Waals surface area (Å²) in [5, 5.41) is 0. The molecule has 386 valence electrons. The molecule has 1 aliphatic carbocycles. The predicted octanol–water partition coefficient (Wildman–Crippen LogP) is 20.2. The molecule has 0 saturated heterocycles. The van der Waals surface area contributed by atoms with Gasteiger partial charge >= 0.3 is 0 Å². The molecule has 0 aliphatic heterocycles. The fourth-order valence-electron chi connectivity index (χ4n) is 11.8. The fourth-order valence-corrected chi connectivity index (χ4v) is 11.8. The maximum Gasteiger partial charge on any atom is 0.164 e. The van der Waals surface area contributed by atoms with Crippen LogP contribution >= 0.6 is 0 Å². The number of nitrogens with zero attached hydrogens (tertiary/aromatic N) is 3. The lowest BCUT2D eigenvalue weighted by molar-refractivity contribution is 0.556. The Hall–Kier alpha value is -6.45. The lowest BCUT2D eigenvalue weighted by Gasteiger charge is -2.35. The Morgan fingerprint density at radius 1 is 0.307 bits per heavy atom. The summed E-state index contributed by atoms with van der Waals surface area (Å²) in [7, 11) is 0. The molecule has 0 spiro atoms. The minimum absolute atomic E-state index is 0.482. The highest BCUT2D eigenvalue weighted by Gasteiger charge is 2.46. The van der Waals surface area contributed by atoms with Gasteiger partial charge in [0.1, 0.15) is 0 Å². The van der Waals surface area contributed by atoms with Crippen LogP contribution in [0.4, 0.5) is 0 Å². The van der Waals surface area contributed by atoms with Crippen molar-refractivity contribution in [2.24, 2.45) is 0 Å². The zero-order valence-electron chi connectivity index (χ0n) is 46.2. The Morgan fingerprint density at radius 2 is 0.680 bits per heavy atom. The van der Waals surface area contributed by atoms with Gasteiger partial charge in [-0.15, -0.1) is 0 Å². The fraction of sp³-hybridized carbons (Fsp3) is 0.375. The van der Waals surface area contributed by atoms with Gasteiger partial charge < -0.3 is 0 Å². The molecule has 75 heavy (non-hydrogen) atoms. The third-order valence-electron chi connectivity index (χ3n) is 16.1. The van der Waals surface area contributed by atoms with Crippen molar-refractivity contribution >= 4 is 0 Å². The molecule has 0 N–H and O–H groups in total. The molecule has 8 aromatic rings. The number of aromatic nitrogens is 3. The monoisotopic (exact) mass is 990 g/mol. The van der Waals surface area contributed by atoms with Crippen LogP contribution in [0, 0.1) is 13.8 Å². The normalized spacial score (nSPS) is 12.5. The van der Waals surface area contributed by atoms with Crippen molar-refractivity contribution in [3.63, 3.8) is 0 Å². The summed E-state index contributed by atoms with van der Waals surface area (Å²) >= 11 is 0. The zero-order chi connectivity index (χ0) is 51.8. The van der Waals surface area contributed by atoms with Crippen molar-refractivity contribution in [1.29, 1.82) is 0 Å². The molecule has 1 aliphatic rings. The number of rotatable bonds is 27. The topological polar surface area (TPSA) is 38.7 Å². The summed E-state index contributed by atoms with van der Waals surface area (Å²) in [4.78, 5) is 15.4. The Labute approximate surface area is 451 Å². The third kappa shape index (κ3) is 13.0. The van der Waals surface area contributed by atoms with Crippen LogP contribution in [0.1, 0.15) is 186 Å². The Balaban J connectivity index is 1.04. The minimum atomic E-state index is -0.482. The van der Waals surface area contributed by atoms with Crippen LogP contribution in [0.15, 0.2) is 158 Å². The van der Waals surface area contributed by atoms with Crippen molar-refractivity contribution in [3.8, 4) is 56.4 Å². The molecule has 1 heterocycles. The first kappa shape index (κ1) is 53.4. The minimum Gasteiger partial charge on any atom is -0.208 e. The average molecular weight is 990 g/mol. The molecule has 0 saturated carbocycles. The first-order chi connectivity index (χ1) is 36.9. The maximum absolute atomic E-state index is 5.19. The van der Waals surface area contributed by atoms with Crippen molar-refractivity contribution in [2.45, 2.75) is 175 Å². The van der Waals surface area contributed by atoms with Crippen molar-refractivity contribution < 1.29 is 0 Å². The van der Waals surface area contributed by atoms with Crippen LogP contribution in [-0.4, -0.2) is 15.0 Å². The summed E-state index contributed by atoms with van der Waals surface area (Å²) in [5.41, 5.74) is 19.7. The zero-order valence-corrected chi connectivity index (χ0v) is 46.2. The van der Waals surface area contributed by atoms with E-state index in [9.17, 15) is 0 Å². The molecule has 0 radical (unpaired) electrons. The second-order valence-electron chi connectivity index (χ2n) is 22.0. The van der Waals surface area contributed by atoms with Gasteiger partial charge in [0.2, 0.25) is 0 Å². The second-order valence-corrected chi connectivity index (χ2v) is 22.0. The van der Waals surface area contributed by atoms with Crippen LogP contribution in [0.3, 0.4) is 0 Å². The number of benzene rings is 7. The third-order valence-corrected chi connectivity index (χ3v) is 16.1. The van der Waals surface area contributed by atoms with Crippen molar-refractivity contribution in [2.75, 3.05) is 0 Å². The molecule has 0 atom stereocenters. The molecule has 3 heteroatoms. The molecular formula is C72H83N3. The van der Waals surface area contributed by atoms with E-state index in [1.807, 2.05) is 0 Å². The first-order valence-electron chi connectivity index (χ1n) is 29.4. The second kappa shape index (κ2) is 26.4. The van der Waals surface area contributed by atoms with Gasteiger partial charge in [-0.3, -0.25) is 0 Å². The van der Waals surface area contributed by atoms with Crippen LogP contribution in [0.5, 0.6) is 0 Å². The van der Waals surface area contributed by atoms with E-state index in [2.05, 4.69) is 192 Å². The van der Waals surface area contributed by atoms with Gasteiger partial charge in [0.05, 0.1) is 5.41 Å². The van der Waals surface area contributed by atoms with Crippen LogP contribution in [0.25, 0.3) is 56.4 Å². The molecule has 9 rings (SSSR count). The maximum atomic E-state index is 5.19. The average Bonchev–Trinajstić information content (AvgIpc) is 3.73. The summed E-state index contributed by atoms with van der Waals surface area (Å²) in [6.07, 6.45) is 26.9. The number of aryl methyl sites for hydroxylation is 5. The van der Waals surface area contributed by atoms with E-state index in [0.717, 1.165) is 36.0 Å². The van der Waals surface area contributed by atoms with E-state index >= 15 is 0 Å². The summed E-state index contributed by atoms with van der Waals surface area (Å²) in [5.74, 6) is 2.07. The highest BCUT2D eigenvalue weighted by Crippen LogP contribution is 2.57. The molecule has 0 bridgehead atoms. The summed E-state index contributed by atoms with van der Waals surface area (Å²) in [6, 6.07) is 60.0. The van der Waals surface area contributed by atoms with Crippen LogP contribution in [0.2, 0.25) is 0 Å². The van der Waals surface area contributed by atoms with Gasteiger partial charge in [-0.25, -0.2) is 15.0 Å². The molecule has 0 fully saturated rings. The Bertz CT molecular complexity index is 3010. The first-order valence-corrected chi connectivity index (χ1v) is 29.4. The lowest BCUT2D eigenvalue weighted by Crippen LogP contribution is -2.29. The van der Waals surface area contributed by atoms with E-state index in [-0.39, 0.29) is 0 Å². The Kier molecular flexibility index (Phi) is 18.8. The van der Waals surface area contributed by atoms with Crippen LogP contribution in [-0.2, 0) is 24.7 Å². The summed E-state index contributed by atoms with van der Waals surface area (Å²) in [6.45, 7) is 11.3. The lowest BCUT2D eigenvalue weighted by atomic mass is 9.66. The highest BCUT2D eigenvalue weighted by molar-refractivity contribution is 5.89. The van der Waals surface area contributed by atoms with E-state index < -0.39 is 5.41 Å². The van der Waals surface area contributed by atoms with Gasteiger partial charge in [0.25, 0.3) is 0 Å². The highest BCUT2D eigenvalue weighted by atomic mass is 15.0. The van der Waals surface area contributed by atoms with E-state index in [4.69, 9.17) is 15.0 Å². The van der Waals surface area contributed by atoms with Crippen molar-refractivity contribution in [1.82, 2.24) is 15.0 Å². The van der Waals surface area contributed by atoms with E-state index in [1.165, 1.54) is 188 Å². The molecule has 3 nitrogen and oxygen atoms in total. The van der Waals surface area contributed by atoms with Gasteiger partial charge in [-0.1, -0.05) is 280 Å². The number of fused-ring (bicyclic) bond motifs is 3. The van der Waals surface area contributed by atoms with Crippen LogP contribution < -0.4 is 0 Å². The van der Waals surface area contributed by atoms with E-state index in [1.54, 1.807) is 0 Å². The van der Waals surface area contributed by atoms with E-state index in [0.29, 0.717) is 17.5 Å². The Morgan fingerprint density at radius 3 is 1.19 bits per heavy atom. The number of hydrogen-bond acceptors (Lipinski definition) is 3. The molecular weight excluding hydrogens is 907 g/mol. The van der Waals surface area contributed by atoms with Gasteiger partial charge in [0, 0.05) is 16.7 Å². The molecule has 7 aromatic carbocycles.